The first-order chi connectivity index (χ1) is 9.60. The molecule has 1 saturated heterocycles. The lowest BCUT2D eigenvalue weighted by molar-refractivity contribution is -0.141. The molecule has 1 aromatic rings. The summed E-state index contributed by atoms with van der Waals surface area (Å²) in [6.45, 7) is 2.38. The third-order valence-corrected chi connectivity index (χ3v) is 5.12. The van der Waals surface area contributed by atoms with Crippen LogP contribution in [0.5, 0.6) is 0 Å². The molecule has 2 aliphatic rings. The van der Waals surface area contributed by atoms with Crippen molar-refractivity contribution in [2.75, 3.05) is 26.2 Å². The van der Waals surface area contributed by atoms with E-state index < -0.39 is 5.54 Å². The van der Waals surface area contributed by atoms with Crippen LogP contribution in [0.4, 0.5) is 0 Å². The summed E-state index contributed by atoms with van der Waals surface area (Å²) in [5.74, 6) is 0.130. The van der Waals surface area contributed by atoms with Crippen molar-refractivity contribution in [3.8, 4) is 0 Å². The van der Waals surface area contributed by atoms with Gasteiger partial charge in [0.05, 0.1) is 10.4 Å². The number of thiophene rings is 1. The van der Waals surface area contributed by atoms with Crippen LogP contribution < -0.4 is 5.73 Å². The minimum atomic E-state index is -0.625. The molecule has 2 heterocycles. The zero-order valence-electron chi connectivity index (χ0n) is 11.8. The molecule has 2 N–H and O–H groups in total. The van der Waals surface area contributed by atoms with E-state index in [1.807, 2.05) is 27.3 Å². The van der Waals surface area contributed by atoms with Crippen molar-refractivity contribution in [3.05, 3.63) is 22.4 Å². The fourth-order valence-electron chi connectivity index (χ4n) is 2.76. The van der Waals surface area contributed by atoms with Crippen LogP contribution in [-0.4, -0.2) is 53.3 Å². The SMILES string of the molecule is Cl.NC1(C(=O)N2CCN(C(=O)c3cccs3)CC2)CCC1. The van der Waals surface area contributed by atoms with E-state index >= 15 is 0 Å². The molecular weight excluding hydrogens is 310 g/mol. The lowest BCUT2D eigenvalue weighted by Gasteiger charge is -2.43. The first-order valence-corrected chi connectivity index (χ1v) is 7.89. The summed E-state index contributed by atoms with van der Waals surface area (Å²) in [7, 11) is 0. The Bertz CT molecular complexity index is 508. The lowest BCUT2D eigenvalue weighted by Crippen LogP contribution is -2.62. The molecule has 1 aromatic heterocycles. The van der Waals surface area contributed by atoms with E-state index in [4.69, 9.17) is 5.73 Å². The van der Waals surface area contributed by atoms with Crippen LogP contribution >= 0.6 is 23.7 Å². The van der Waals surface area contributed by atoms with Crippen LogP contribution in [0, 0.1) is 0 Å². The van der Waals surface area contributed by atoms with Gasteiger partial charge < -0.3 is 15.5 Å². The molecular formula is C14H20ClN3O2S. The molecule has 0 radical (unpaired) electrons. The van der Waals surface area contributed by atoms with Gasteiger partial charge in [0.15, 0.2) is 0 Å². The molecule has 1 aliphatic carbocycles. The van der Waals surface area contributed by atoms with E-state index in [-0.39, 0.29) is 24.2 Å². The fraction of sp³-hybridized carbons (Fsp3) is 0.571. The Morgan fingerprint density at radius 1 is 1.14 bits per heavy atom. The molecule has 1 saturated carbocycles. The summed E-state index contributed by atoms with van der Waals surface area (Å²) < 4.78 is 0. The van der Waals surface area contributed by atoms with Crippen molar-refractivity contribution >= 4 is 35.6 Å². The molecule has 7 heteroatoms. The summed E-state index contributed by atoms with van der Waals surface area (Å²) >= 11 is 1.46. The molecule has 5 nitrogen and oxygen atoms in total. The Labute approximate surface area is 134 Å². The molecule has 1 aliphatic heterocycles. The number of halogens is 1. The highest BCUT2D eigenvalue weighted by molar-refractivity contribution is 7.12. The third kappa shape index (κ3) is 3.07. The van der Waals surface area contributed by atoms with E-state index in [0.717, 1.165) is 24.1 Å². The van der Waals surface area contributed by atoms with Crippen molar-refractivity contribution < 1.29 is 9.59 Å². The number of carbonyl (C=O) groups excluding carboxylic acids is 2. The van der Waals surface area contributed by atoms with Gasteiger partial charge in [-0.25, -0.2) is 0 Å². The maximum atomic E-state index is 12.3. The van der Waals surface area contributed by atoms with Crippen LogP contribution in [0.3, 0.4) is 0 Å². The van der Waals surface area contributed by atoms with Gasteiger partial charge in [0.2, 0.25) is 5.91 Å². The van der Waals surface area contributed by atoms with E-state index in [2.05, 4.69) is 0 Å². The van der Waals surface area contributed by atoms with Gasteiger partial charge in [0.1, 0.15) is 0 Å². The predicted octanol–water partition coefficient (Wildman–Crippen LogP) is 1.34. The molecule has 2 amide bonds. The zero-order chi connectivity index (χ0) is 14.2. The second-order valence-electron chi connectivity index (χ2n) is 5.57. The van der Waals surface area contributed by atoms with Crippen molar-refractivity contribution in [2.24, 2.45) is 5.73 Å². The van der Waals surface area contributed by atoms with Crippen LogP contribution in [0.25, 0.3) is 0 Å². The first kappa shape index (κ1) is 16.3. The topological polar surface area (TPSA) is 66.6 Å². The van der Waals surface area contributed by atoms with Crippen LogP contribution in [0.1, 0.15) is 28.9 Å². The number of nitrogens with two attached hydrogens (primary N) is 1. The van der Waals surface area contributed by atoms with E-state index in [0.29, 0.717) is 26.2 Å². The largest absolute Gasteiger partial charge is 0.338 e. The standard InChI is InChI=1S/C14H19N3O2S.ClH/c15-14(4-2-5-14)13(19)17-8-6-16(7-9-17)12(18)11-3-1-10-20-11;/h1,3,10H,2,4-9,15H2;1H. The molecule has 0 unspecified atom stereocenters. The quantitative estimate of drug-likeness (QED) is 0.890. The minimum absolute atomic E-state index is 0. The summed E-state index contributed by atoms with van der Waals surface area (Å²) in [6, 6.07) is 3.72. The van der Waals surface area contributed by atoms with Crippen molar-refractivity contribution in [3.63, 3.8) is 0 Å². The smallest absolute Gasteiger partial charge is 0.264 e. The van der Waals surface area contributed by atoms with Gasteiger partial charge in [-0.2, -0.15) is 0 Å². The normalized spacial score (nSPS) is 20.4. The first-order valence-electron chi connectivity index (χ1n) is 7.01. The fourth-order valence-corrected chi connectivity index (χ4v) is 3.45. The average Bonchev–Trinajstić information content (AvgIpc) is 2.97. The molecule has 3 rings (SSSR count). The summed E-state index contributed by atoms with van der Waals surface area (Å²) in [6.07, 6.45) is 2.62. The van der Waals surface area contributed by atoms with E-state index in [1.165, 1.54) is 11.3 Å². The monoisotopic (exact) mass is 329 g/mol. The molecule has 0 aromatic carbocycles. The number of carbonyl (C=O) groups is 2. The zero-order valence-corrected chi connectivity index (χ0v) is 13.4. The number of nitrogens with zero attached hydrogens (tertiary/aromatic N) is 2. The van der Waals surface area contributed by atoms with Gasteiger partial charge in [0, 0.05) is 26.2 Å². The molecule has 0 spiro atoms. The van der Waals surface area contributed by atoms with Gasteiger partial charge >= 0.3 is 0 Å². The van der Waals surface area contributed by atoms with Crippen molar-refractivity contribution in [2.45, 2.75) is 24.8 Å². The Morgan fingerprint density at radius 3 is 2.24 bits per heavy atom. The Morgan fingerprint density at radius 2 is 1.76 bits per heavy atom. The number of hydrogen-bond donors (Lipinski definition) is 1. The Kier molecular flexibility index (Phi) is 4.91. The molecule has 0 bridgehead atoms. The van der Waals surface area contributed by atoms with Gasteiger partial charge in [-0.3, -0.25) is 9.59 Å². The number of piperazine rings is 1. The summed E-state index contributed by atoms with van der Waals surface area (Å²) in [5.41, 5.74) is 5.45. The van der Waals surface area contributed by atoms with Gasteiger partial charge in [0.25, 0.3) is 5.91 Å². The number of rotatable bonds is 2. The maximum absolute atomic E-state index is 12.3. The summed E-state index contributed by atoms with van der Waals surface area (Å²) in [4.78, 5) is 28.9. The van der Waals surface area contributed by atoms with E-state index in [1.54, 1.807) is 0 Å². The predicted molar refractivity (Wildman–Crippen MR) is 84.8 cm³/mol. The van der Waals surface area contributed by atoms with Gasteiger partial charge in [-0.1, -0.05) is 6.07 Å². The maximum Gasteiger partial charge on any atom is 0.264 e. The second kappa shape index (κ2) is 6.34. The van der Waals surface area contributed by atoms with Crippen LogP contribution in [-0.2, 0) is 4.79 Å². The van der Waals surface area contributed by atoms with E-state index in [9.17, 15) is 9.59 Å². The van der Waals surface area contributed by atoms with Gasteiger partial charge in [-0.05, 0) is 30.7 Å². The Hall–Kier alpha value is -1.11. The third-order valence-electron chi connectivity index (χ3n) is 4.26. The highest BCUT2D eigenvalue weighted by Gasteiger charge is 2.43. The van der Waals surface area contributed by atoms with Crippen LogP contribution in [0.15, 0.2) is 17.5 Å². The highest BCUT2D eigenvalue weighted by atomic mass is 35.5. The average molecular weight is 330 g/mol. The van der Waals surface area contributed by atoms with Crippen LogP contribution in [0.2, 0.25) is 0 Å². The molecule has 2 fully saturated rings. The van der Waals surface area contributed by atoms with Crippen molar-refractivity contribution in [1.29, 1.82) is 0 Å². The molecule has 0 atom stereocenters. The number of hydrogen-bond acceptors (Lipinski definition) is 4. The minimum Gasteiger partial charge on any atom is -0.338 e. The van der Waals surface area contributed by atoms with Crippen molar-refractivity contribution in [1.82, 2.24) is 9.80 Å². The second-order valence-corrected chi connectivity index (χ2v) is 6.52. The number of amides is 2. The Balaban J connectivity index is 0.00000161. The highest BCUT2D eigenvalue weighted by Crippen LogP contribution is 2.31. The lowest BCUT2D eigenvalue weighted by atomic mass is 9.76. The van der Waals surface area contributed by atoms with Gasteiger partial charge in [-0.15, -0.1) is 23.7 Å². The molecule has 116 valence electrons. The molecule has 21 heavy (non-hydrogen) atoms. The summed E-state index contributed by atoms with van der Waals surface area (Å²) in [5, 5.41) is 1.90.